The molecule has 0 bridgehead atoms. The summed E-state index contributed by atoms with van der Waals surface area (Å²) in [6.07, 6.45) is 3.28. The number of aromatic nitrogens is 1. The minimum Gasteiger partial charge on any atom is -0.468 e. The standard InChI is InChI=1S/C22H20N2O5/c1-2-27-22(26)17-15(14-9-5-11-28-14)16-19(29-20(17)23)13-8-3-6-12-7-4-10-24(18(12)13)21(16)25/h3,5-6,8-9,11,15H,2,4,7,10,23H2,1H3. The van der Waals surface area contributed by atoms with Gasteiger partial charge >= 0.3 is 5.97 Å². The zero-order valence-electron chi connectivity index (χ0n) is 15.9. The Kier molecular flexibility index (Phi) is 3.97. The molecule has 1 atom stereocenters. The molecule has 29 heavy (non-hydrogen) atoms. The van der Waals surface area contributed by atoms with Gasteiger partial charge in [0.05, 0.1) is 29.9 Å². The van der Waals surface area contributed by atoms with E-state index in [1.807, 2.05) is 18.2 Å². The lowest BCUT2D eigenvalue weighted by atomic mass is 9.85. The molecule has 2 N–H and O–H groups in total. The van der Waals surface area contributed by atoms with Gasteiger partial charge in [0.2, 0.25) is 5.88 Å². The first kappa shape index (κ1) is 17.6. The van der Waals surface area contributed by atoms with E-state index < -0.39 is 11.9 Å². The van der Waals surface area contributed by atoms with Crippen molar-refractivity contribution in [1.82, 2.24) is 4.57 Å². The molecule has 2 aliphatic rings. The van der Waals surface area contributed by atoms with Gasteiger partial charge in [0.25, 0.3) is 5.56 Å². The average Bonchev–Trinajstić information content (AvgIpc) is 3.25. The Hall–Kier alpha value is -3.48. The maximum Gasteiger partial charge on any atom is 0.340 e. The largest absolute Gasteiger partial charge is 0.468 e. The summed E-state index contributed by atoms with van der Waals surface area (Å²) in [7, 11) is 0. The maximum absolute atomic E-state index is 13.6. The van der Waals surface area contributed by atoms with Crippen LogP contribution in [0.15, 0.2) is 57.3 Å². The molecular formula is C22H20N2O5. The highest BCUT2D eigenvalue weighted by Gasteiger charge is 2.41. The number of hydrogen-bond donors (Lipinski definition) is 1. The van der Waals surface area contributed by atoms with Gasteiger partial charge in [-0.15, -0.1) is 0 Å². The van der Waals surface area contributed by atoms with Crippen molar-refractivity contribution in [2.75, 3.05) is 6.61 Å². The highest BCUT2D eigenvalue weighted by molar-refractivity contribution is 5.95. The second-order valence-electron chi connectivity index (χ2n) is 7.17. The van der Waals surface area contributed by atoms with E-state index in [2.05, 4.69) is 0 Å². The second-order valence-corrected chi connectivity index (χ2v) is 7.17. The number of hydrogen-bond acceptors (Lipinski definition) is 6. The van der Waals surface area contributed by atoms with Crippen LogP contribution in [0.4, 0.5) is 0 Å². The summed E-state index contributed by atoms with van der Waals surface area (Å²) in [6.45, 7) is 2.50. The predicted molar refractivity (Wildman–Crippen MR) is 106 cm³/mol. The van der Waals surface area contributed by atoms with Gasteiger partial charge in [-0.2, -0.15) is 0 Å². The lowest BCUT2D eigenvalue weighted by Gasteiger charge is -2.30. The van der Waals surface area contributed by atoms with Crippen LogP contribution in [0.5, 0.6) is 5.75 Å². The Bertz CT molecular complexity index is 1220. The summed E-state index contributed by atoms with van der Waals surface area (Å²) < 4.78 is 18.5. The molecule has 0 amide bonds. The van der Waals surface area contributed by atoms with Crippen LogP contribution in [0, 0.1) is 0 Å². The highest BCUT2D eigenvalue weighted by Crippen LogP contribution is 2.45. The van der Waals surface area contributed by atoms with Gasteiger partial charge in [-0.25, -0.2) is 4.79 Å². The molecule has 7 heteroatoms. The smallest absolute Gasteiger partial charge is 0.340 e. The van der Waals surface area contributed by atoms with E-state index >= 15 is 0 Å². The van der Waals surface area contributed by atoms with E-state index in [-0.39, 0.29) is 23.6 Å². The first-order valence-electron chi connectivity index (χ1n) is 9.68. The third-order valence-electron chi connectivity index (χ3n) is 5.56. The quantitative estimate of drug-likeness (QED) is 0.689. The van der Waals surface area contributed by atoms with Crippen LogP contribution >= 0.6 is 0 Å². The first-order valence-corrected chi connectivity index (χ1v) is 9.68. The van der Waals surface area contributed by atoms with E-state index in [1.165, 1.54) is 6.26 Å². The number of nitrogens with two attached hydrogens (primary N) is 1. The number of benzene rings is 1. The average molecular weight is 392 g/mol. The molecular weight excluding hydrogens is 372 g/mol. The molecule has 1 unspecified atom stereocenters. The van der Waals surface area contributed by atoms with Gasteiger partial charge in [0.1, 0.15) is 17.1 Å². The molecule has 2 aliphatic heterocycles. The Morgan fingerprint density at radius 3 is 2.93 bits per heavy atom. The number of para-hydroxylation sites is 1. The molecule has 5 rings (SSSR count). The van der Waals surface area contributed by atoms with Crippen molar-refractivity contribution in [2.24, 2.45) is 5.73 Å². The van der Waals surface area contributed by atoms with Crippen LogP contribution < -0.4 is 16.0 Å². The summed E-state index contributed by atoms with van der Waals surface area (Å²) in [5.74, 6) is -0.657. The number of fused-ring (bicyclic) bond motifs is 2. The van der Waals surface area contributed by atoms with E-state index in [4.69, 9.17) is 19.6 Å². The van der Waals surface area contributed by atoms with Gasteiger partial charge in [0.15, 0.2) is 0 Å². The van der Waals surface area contributed by atoms with Crippen LogP contribution in [0.2, 0.25) is 0 Å². The predicted octanol–water partition coefficient (Wildman–Crippen LogP) is 2.80. The van der Waals surface area contributed by atoms with Crippen LogP contribution in [0.25, 0.3) is 10.9 Å². The van der Waals surface area contributed by atoms with Gasteiger partial charge < -0.3 is 24.2 Å². The highest BCUT2D eigenvalue weighted by atomic mass is 16.5. The van der Waals surface area contributed by atoms with E-state index in [0.29, 0.717) is 23.6 Å². The monoisotopic (exact) mass is 392 g/mol. The number of furan rings is 1. The van der Waals surface area contributed by atoms with E-state index in [9.17, 15) is 9.59 Å². The van der Waals surface area contributed by atoms with E-state index in [0.717, 1.165) is 29.3 Å². The summed E-state index contributed by atoms with van der Waals surface area (Å²) in [5, 5.41) is 0.805. The molecule has 0 spiro atoms. The molecule has 7 nitrogen and oxygen atoms in total. The third kappa shape index (κ3) is 2.50. The van der Waals surface area contributed by atoms with E-state index in [1.54, 1.807) is 23.6 Å². The molecule has 1 aromatic carbocycles. The van der Waals surface area contributed by atoms with Crippen LogP contribution in [0.1, 0.15) is 36.1 Å². The van der Waals surface area contributed by atoms with Crippen molar-refractivity contribution in [3.8, 4) is 5.75 Å². The van der Waals surface area contributed by atoms with Gasteiger partial charge in [-0.05, 0) is 43.5 Å². The lowest BCUT2D eigenvalue weighted by molar-refractivity contribution is -0.139. The van der Waals surface area contributed by atoms with Gasteiger partial charge in [0, 0.05) is 11.9 Å². The van der Waals surface area contributed by atoms with Crippen molar-refractivity contribution < 1.29 is 18.7 Å². The van der Waals surface area contributed by atoms with Gasteiger partial charge in [-0.1, -0.05) is 12.1 Å². The molecule has 2 aromatic heterocycles. The van der Waals surface area contributed by atoms with Gasteiger partial charge in [-0.3, -0.25) is 4.79 Å². The fourth-order valence-corrected chi connectivity index (χ4v) is 4.41. The molecule has 0 saturated carbocycles. The zero-order valence-corrected chi connectivity index (χ0v) is 15.9. The molecule has 148 valence electrons. The Balaban J connectivity index is 1.87. The SMILES string of the molecule is CCOC(=O)C1=C(N)Oc2c(c(=O)n3c4c(cccc24)CCC3)C1c1ccco1. The molecule has 0 fully saturated rings. The van der Waals surface area contributed by atoms with Crippen molar-refractivity contribution in [2.45, 2.75) is 32.2 Å². The van der Waals surface area contributed by atoms with Crippen molar-refractivity contribution in [3.05, 3.63) is 75.3 Å². The molecule has 3 aromatic rings. The van der Waals surface area contributed by atoms with Crippen LogP contribution in [-0.4, -0.2) is 17.1 Å². The first-order chi connectivity index (χ1) is 14.1. The molecule has 0 radical (unpaired) electrons. The fraction of sp³-hybridized carbons (Fsp3) is 0.273. The van der Waals surface area contributed by atoms with Crippen molar-refractivity contribution in [1.29, 1.82) is 0 Å². The zero-order chi connectivity index (χ0) is 20.1. The Labute approximate surface area is 166 Å². The second kappa shape index (κ2) is 6.55. The molecule has 0 saturated heterocycles. The Morgan fingerprint density at radius 2 is 2.17 bits per heavy atom. The number of pyridine rings is 1. The number of carbonyl (C=O) groups excluding carboxylic acids is 1. The Morgan fingerprint density at radius 1 is 1.31 bits per heavy atom. The fourth-order valence-electron chi connectivity index (χ4n) is 4.41. The summed E-state index contributed by atoms with van der Waals surface area (Å²) in [6, 6.07) is 9.33. The van der Waals surface area contributed by atoms with Crippen LogP contribution in [-0.2, 0) is 22.5 Å². The number of nitrogens with zero attached hydrogens (tertiary/aromatic N) is 1. The summed E-state index contributed by atoms with van der Waals surface area (Å²) >= 11 is 0. The number of esters is 1. The minimum absolute atomic E-state index is 0.0711. The maximum atomic E-state index is 13.6. The number of carbonyl (C=O) groups is 1. The summed E-state index contributed by atoms with van der Waals surface area (Å²) in [5.41, 5.74) is 8.40. The van der Waals surface area contributed by atoms with Crippen molar-refractivity contribution in [3.63, 3.8) is 0 Å². The number of ether oxygens (including phenoxy) is 2. The number of aryl methyl sites for hydroxylation is 2. The third-order valence-corrected chi connectivity index (χ3v) is 5.56. The molecule has 4 heterocycles. The minimum atomic E-state index is -0.793. The summed E-state index contributed by atoms with van der Waals surface area (Å²) in [4.78, 5) is 26.3. The topological polar surface area (TPSA) is 96.7 Å². The normalized spacial score (nSPS) is 17.8. The van der Waals surface area contributed by atoms with Crippen LogP contribution in [0.3, 0.4) is 0 Å². The lowest BCUT2D eigenvalue weighted by Crippen LogP contribution is -2.35. The number of rotatable bonds is 3. The molecule has 0 aliphatic carbocycles. The van der Waals surface area contributed by atoms with Crippen molar-refractivity contribution >= 4 is 16.9 Å².